The van der Waals surface area contributed by atoms with Gasteiger partial charge in [-0.2, -0.15) is 0 Å². The van der Waals surface area contributed by atoms with E-state index in [1.54, 1.807) is 6.07 Å². The first-order valence-corrected chi connectivity index (χ1v) is 6.48. The van der Waals surface area contributed by atoms with Crippen LogP contribution in [0.5, 0.6) is 0 Å². The SMILES string of the molecule is CC(=O)OC1CCCC2C1=Nc1ccccc1[N+]2=O. The van der Waals surface area contributed by atoms with Crippen LogP contribution in [0, 0.1) is 4.91 Å². The van der Waals surface area contributed by atoms with E-state index in [9.17, 15) is 9.70 Å². The number of nitrogens with zero attached hydrogens (tertiary/aromatic N) is 2. The van der Waals surface area contributed by atoms with Crippen LogP contribution in [0.25, 0.3) is 0 Å². The molecule has 3 rings (SSSR count). The summed E-state index contributed by atoms with van der Waals surface area (Å²) in [6.07, 6.45) is 2.00. The van der Waals surface area contributed by atoms with E-state index in [0.717, 1.165) is 24.0 Å². The third-order valence-corrected chi connectivity index (χ3v) is 3.58. The minimum Gasteiger partial charge on any atom is -0.456 e. The highest BCUT2D eigenvalue weighted by atomic mass is 16.5. The fourth-order valence-electron chi connectivity index (χ4n) is 2.76. The molecule has 0 N–H and O–H groups in total. The van der Waals surface area contributed by atoms with Crippen LogP contribution in [0.15, 0.2) is 29.3 Å². The van der Waals surface area contributed by atoms with E-state index < -0.39 is 0 Å². The number of hydrogen-bond acceptors (Lipinski definition) is 4. The number of esters is 1. The van der Waals surface area contributed by atoms with Gasteiger partial charge in [0.05, 0.1) is 0 Å². The van der Waals surface area contributed by atoms with Gasteiger partial charge in [-0.25, -0.2) is 4.99 Å². The van der Waals surface area contributed by atoms with E-state index in [4.69, 9.17) is 4.74 Å². The number of ether oxygens (including phenoxy) is 1. The smallest absolute Gasteiger partial charge is 0.303 e. The van der Waals surface area contributed by atoms with Crippen molar-refractivity contribution in [1.29, 1.82) is 0 Å². The molecule has 1 aliphatic heterocycles. The maximum absolute atomic E-state index is 12.4. The molecule has 2 aliphatic rings. The van der Waals surface area contributed by atoms with Crippen molar-refractivity contribution in [1.82, 2.24) is 0 Å². The zero-order valence-electron chi connectivity index (χ0n) is 10.7. The second-order valence-electron chi connectivity index (χ2n) is 4.90. The molecule has 1 aromatic rings. The maximum Gasteiger partial charge on any atom is 0.303 e. The molecule has 1 heterocycles. The first kappa shape index (κ1) is 12.0. The van der Waals surface area contributed by atoms with Gasteiger partial charge < -0.3 is 4.74 Å². The average Bonchev–Trinajstić information content (AvgIpc) is 2.40. The van der Waals surface area contributed by atoms with Crippen molar-refractivity contribution >= 4 is 23.1 Å². The largest absolute Gasteiger partial charge is 0.456 e. The van der Waals surface area contributed by atoms with E-state index in [2.05, 4.69) is 4.99 Å². The Morgan fingerprint density at radius 1 is 1.37 bits per heavy atom. The van der Waals surface area contributed by atoms with Crippen molar-refractivity contribution in [2.45, 2.75) is 38.3 Å². The number of aliphatic imine (C=N–C) groups is 1. The molecule has 2 unspecified atom stereocenters. The summed E-state index contributed by atoms with van der Waals surface area (Å²) >= 11 is 0. The zero-order chi connectivity index (χ0) is 13.4. The van der Waals surface area contributed by atoms with E-state index in [1.165, 1.54) is 6.92 Å². The fourth-order valence-corrected chi connectivity index (χ4v) is 2.76. The van der Waals surface area contributed by atoms with Crippen LogP contribution in [0.1, 0.15) is 26.2 Å². The lowest BCUT2D eigenvalue weighted by Gasteiger charge is -2.28. The zero-order valence-corrected chi connectivity index (χ0v) is 10.7. The quantitative estimate of drug-likeness (QED) is 0.575. The number of carbonyl (C=O) groups is 1. The van der Waals surface area contributed by atoms with E-state index >= 15 is 0 Å². The van der Waals surface area contributed by atoms with Gasteiger partial charge >= 0.3 is 5.97 Å². The van der Waals surface area contributed by atoms with E-state index in [0.29, 0.717) is 17.1 Å². The molecule has 0 spiro atoms. The molecule has 0 radical (unpaired) electrons. The molecule has 19 heavy (non-hydrogen) atoms. The van der Waals surface area contributed by atoms with Gasteiger partial charge in [-0.05, 0) is 18.9 Å². The first-order valence-electron chi connectivity index (χ1n) is 6.48. The molecule has 5 heteroatoms. The molecule has 1 fully saturated rings. The van der Waals surface area contributed by atoms with Crippen molar-refractivity contribution in [3.05, 3.63) is 29.2 Å². The number of fused-ring (bicyclic) bond motifs is 2. The first-order chi connectivity index (χ1) is 9.16. The highest BCUT2D eigenvalue weighted by Crippen LogP contribution is 2.37. The Morgan fingerprint density at radius 2 is 2.16 bits per heavy atom. The van der Waals surface area contributed by atoms with Crippen LogP contribution in [-0.4, -0.2) is 28.6 Å². The molecule has 0 amide bonds. The standard InChI is InChI=1S/C14H15N2O3/c1-9(17)19-13-8-4-7-12-14(13)15-10-5-2-3-6-11(10)16(12)18/h2-3,5-6,12-13H,4,7-8H2,1H3/q+1. The maximum atomic E-state index is 12.4. The van der Waals surface area contributed by atoms with Crippen LogP contribution in [0.3, 0.4) is 0 Å². The molecule has 1 aliphatic carbocycles. The topological polar surface area (TPSA) is 58.7 Å². The van der Waals surface area contributed by atoms with Crippen LogP contribution in [0.2, 0.25) is 0 Å². The summed E-state index contributed by atoms with van der Waals surface area (Å²) in [6.45, 7) is 1.38. The summed E-state index contributed by atoms with van der Waals surface area (Å²) in [5.74, 6) is -0.329. The lowest BCUT2D eigenvalue weighted by molar-refractivity contribution is -0.490. The van der Waals surface area contributed by atoms with E-state index in [1.807, 2.05) is 18.2 Å². The monoisotopic (exact) mass is 259 g/mol. The van der Waals surface area contributed by atoms with Crippen molar-refractivity contribution in [2.75, 3.05) is 0 Å². The normalized spacial score (nSPS) is 25.1. The lowest BCUT2D eigenvalue weighted by Crippen LogP contribution is -2.45. The van der Waals surface area contributed by atoms with Crippen LogP contribution < -0.4 is 0 Å². The Hall–Kier alpha value is -2.04. The van der Waals surface area contributed by atoms with Crippen molar-refractivity contribution in [2.24, 2.45) is 4.99 Å². The third kappa shape index (κ3) is 2.05. The Kier molecular flexibility index (Phi) is 2.89. The molecule has 1 aromatic carbocycles. The van der Waals surface area contributed by atoms with Gasteiger partial charge in [0.15, 0.2) is 0 Å². The molecule has 1 saturated carbocycles. The number of benzene rings is 1. The summed E-state index contributed by atoms with van der Waals surface area (Å²) in [5, 5.41) is 0. The number of carbonyl (C=O) groups excluding carboxylic acids is 1. The highest BCUT2D eigenvalue weighted by Gasteiger charge is 2.45. The van der Waals surface area contributed by atoms with Gasteiger partial charge in [-0.15, -0.1) is 0 Å². The lowest BCUT2D eigenvalue weighted by atomic mass is 9.89. The predicted molar refractivity (Wildman–Crippen MR) is 70.0 cm³/mol. The summed E-state index contributed by atoms with van der Waals surface area (Å²) in [6, 6.07) is 6.96. The molecular weight excluding hydrogens is 244 g/mol. The minimum absolute atomic E-state index is 0.298. The van der Waals surface area contributed by atoms with Gasteiger partial charge in [0.2, 0.25) is 6.04 Å². The van der Waals surface area contributed by atoms with Crippen molar-refractivity contribution < 1.29 is 14.3 Å². The summed E-state index contributed by atoms with van der Waals surface area (Å²) in [7, 11) is 0. The predicted octanol–water partition coefficient (Wildman–Crippen LogP) is 2.67. The summed E-state index contributed by atoms with van der Waals surface area (Å²) < 4.78 is 6.30. The Balaban J connectivity index is 2.03. The van der Waals surface area contributed by atoms with Crippen LogP contribution in [0.4, 0.5) is 11.4 Å². The molecule has 5 nitrogen and oxygen atoms in total. The number of nitroso groups, excluding NO2 is 1. The third-order valence-electron chi connectivity index (χ3n) is 3.58. The van der Waals surface area contributed by atoms with Crippen LogP contribution in [-0.2, 0) is 9.53 Å². The summed E-state index contributed by atoms with van der Waals surface area (Å²) in [4.78, 5) is 28.1. The van der Waals surface area contributed by atoms with Gasteiger partial charge in [-0.3, -0.25) is 4.79 Å². The minimum atomic E-state index is -0.360. The van der Waals surface area contributed by atoms with Gasteiger partial charge in [0.1, 0.15) is 17.5 Å². The Morgan fingerprint density at radius 3 is 2.95 bits per heavy atom. The highest BCUT2D eigenvalue weighted by molar-refractivity contribution is 5.98. The van der Waals surface area contributed by atoms with Crippen LogP contribution >= 0.6 is 0 Å². The van der Waals surface area contributed by atoms with Gasteiger partial charge in [0.25, 0.3) is 5.69 Å². The Bertz CT molecular complexity index is 580. The molecule has 98 valence electrons. The second kappa shape index (κ2) is 4.57. The Labute approximate surface area is 110 Å². The summed E-state index contributed by atoms with van der Waals surface area (Å²) in [5.41, 5.74) is 1.94. The molecule has 0 bridgehead atoms. The molecular formula is C14H15N2O3+. The van der Waals surface area contributed by atoms with Gasteiger partial charge in [0, 0.05) is 29.1 Å². The average molecular weight is 259 g/mol. The number of hydrogen-bond donors (Lipinski definition) is 0. The fraction of sp³-hybridized carbons (Fsp3) is 0.429. The molecule has 2 atom stereocenters. The number of rotatable bonds is 1. The molecule has 0 saturated heterocycles. The van der Waals surface area contributed by atoms with E-state index in [-0.39, 0.29) is 18.1 Å². The van der Waals surface area contributed by atoms with Crippen molar-refractivity contribution in [3.8, 4) is 0 Å². The van der Waals surface area contributed by atoms with Gasteiger partial charge in [-0.1, -0.05) is 12.1 Å². The number of para-hydroxylation sites is 2. The second-order valence-corrected chi connectivity index (χ2v) is 4.90. The molecule has 0 aromatic heterocycles. The van der Waals surface area contributed by atoms with Crippen molar-refractivity contribution in [3.63, 3.8) is 0 Å².